The Balaban J connectivity index is 2.15. The van der Waals surface area contributed by atoms with Gasteiger partial charge in [-0.25, -0.2) is 0 Å². The molecule has 1 heterocycles. The number of hydrogen-bond donors (Lipinski definition) is 2. The first-order chi connectivity index (χ1) is 9.53. The number of amides is 1. The standard InChI is InChI=1S/C14H21N3O2S/c1-10-9-11(17-19-10)12(18)16-14(13(15)20)7-5-3-2-4-6-8-14/h9H,2-8H2,1H3,(H2,15,20)(H,16,18). The van der Waals surface area contributed by atoms with Crippen LogP contribution in [0.15, 0.2) is 10.6 Å². The lowest BCUT2D eigenvalue weighted by Gasteiger charge is -2.35. The van der Waals surface area contributed by atoms with Crippen LogP contribution in [0.4, 0.5) is 0 Å². The Kier molecular flexibility index (Phi) is 4.75. The summed E-state index contributed by atoms with van der Waals surface area (Å²) in [6.45, 7) is 1.75. The lowest BCUT2D eigenvalue weighted by Crippen LogP contribution is -2.57. The number of aromatic nitrogens is 1. The van der Waals surface area contributed by atoms with E-state index in [4.69, 9.17) is 22.5 Å². The van der Waals surface area contributed by atoms with Gasteiger partial charge in [0.25, 0.3) is 5.91 Å². The number of rotatable bonds is 3. The molecule has 2 rings (SSSR count). The molecule has 3 N–H and O–H groups in total. The lowest BCUT2D eigenvalue weighted by molar-refractivity contribution is 0.0903. The van der Waals surface area contributed by atoms with Crippen LogP contribution >= 0.6 is 12.2 Å². The van der Waals surface area contributed by atoms with E-state index in [2.05, 4.69) is 10.5 Å². The minimum Gasteiger partial charge on any atom is -0.391 e. The SMILES string of the molecule is Cc1cc(C(=O)NC2(C(N)=S)CCCCCCC2)no1. The monoisotopic (exact) mass is 295 g/mol. The number of nitrogens with zero attached hydrogens (tertiary/aromatic N) is 1. The van der Waals surface area contributed by atoms with Crippen LogP contribution < -0.4 is 11.1 Å². The molecule has 1 aliphatic carbocycles. The summed E-state index contributed by atoms with van der Waals surface area (Å²) in [7, 11) is 0. The second-order valence-electron chi connectivity index (χ2n) is 5.49. The van der Waals surface area contributed by atoms with E-state index >= 15 is 0 Å². The second kappa shape index (κ2) is 6.35. The minimum atomic E-state index is -0.584. The molecule has 20 heavy (non-hydrogen) atoms. The molecule has 5 nitrogen and oxygen atoms in total. The van der Waals surface area contributed by atoms with Crippen LogP contribution in [0.3, 0.4) is 0 Å². The molecule has 0 atom stereocenters. The molecule has 1 saturated carbocycles. The van der Waals surface area contributed by atoms with Gasteiger partial charge in [-0.1, -0.05) is 49.5 Å². The quantitative estimate of drug-likeness (QED) is 0.837. The molecule has 0 radical (unpaired) electrons. The Hall–Kier alpha value is -1.43. The van der Waals surface area contributed by atoms with Crippen molar-refractivity contribution in [1.29, 1.82) is 0 Å². The molecule has 0 saturated heterocycles. The van der Waals surface area contributed by atoms with Crippen LogP contribution in [0, 0.1) is 6.92 Å². The molecule has 1 fully saturated rings. The Morgan fingerprint density at radius 2 is 1.95 bits per heavy atom. The number of hydrogen-bond acceptors (Lipinski definition) is 4. The molecule has 110 valence electrons. The van der Waals surface area contributed by atoms with Gasteiger partial charge >= 0.3 is 0 Å². The Labute approximate surface area is 124 Å². The molecule has 0 aromatic carbocycles. The molecule has 0 unspecified atom stereocenters. The zero-order chi connectivity index (χ0) is 14.6. The summed E-state index contributed by atoms with van der Waals surface area (Å²) in [6.07, 6.45) is 7.19. The Bertz CT molecular complexity index is 490. The number of aryl methyl sites for hydroxylation is 1. The third-order valence-corrected chi connectivity index (χ3v) is 4.28. The molecule has 0 spiro atoms. The Morgan fingerprint density at radius 3 is 2.45 bits per heavy atom. The van der Waals surface area contributed by atoms with Gasteiger partial charge in [0.15, 0.2) is 5.69 Å². The van der Waals surface area contributed by atoms with Crippen molar-refractivity contribution < 1.29 is 9.32 Å². The van der Waals surface area contributed by atoms with Crippen molar-refractivity contribution in [1.82, 2.24) is 10.5 Å². The van der Waals surface area contributed by atoms with E-state index in [1.165, 1.54) is 6.42 Å². The fourth-order valence-corrected chi connectivity index (χ4v) is 2.95. The number of thiocarbonyl (C=S) groups is 1. The maximum atomic E-state index is 12.3. The van der Waals surface area contributed by atoms with Gasteiger partial charge in [-0.3, -0.25) is 4.79 Å². The van der Waals surface area contributed by atoms with Crippen molar-refractivity contribution >= 4 is 23.1 Å². The summed E-state index contributed by atoms with van der Waals surface area (Å²) in [6, 6.07) is 1.62. The highest BCUT2D eigenvalue weighted by atomic mass is 32.1. The normalized spacial score (nSPS) is 18.9. The number of carbonyl (C=O) groups is 1. The third-order valence-electron chi connectivity index (χ3n) is 3.89. The van der Waals surface area contributed by atoms with Crippen molar-refractivity contribution in [2.24, 2.45) is 5.73 Å². The van der Waals surface area contributed by atoms with E-state index in [1.54, 1.807) is 13.0 Å². The molecule has 1 aromatic heterocycles. The molecular formula is C14H21N3O2S. The van der Waals surface area contributed by atoms with Crippen LogP contribution in [-0.4, -0.2) is 21.6 Å². The van der Waals surface area contributed by atoms with E-state index in [1.807, 2.05) is 0 Å². The van der Waals surface area contributed by atoms with Crippen molar-refractivity contribution in [3.63, 3.8) is 0 Å². The minimum absolute atomic E-state index is 0.268. The summed E-state index contributed by atoms with van der Waals surface area (Å²) >= 11 is 5.22. The van der Waals surface area contributed by atoms with Gasteiger partial charge < -0.3 is 15.6 Å². The lowest BCUT2D eigenvalue weighted by atomic mass is 9.83. The van der Waals surface area contributed by atoms with Gasteiger partial charge in [0.05, 0.1) is 10.5 Å². The third kappa shape index (κ3) is 3.36. The zero-order valence-corrected chi connectivity index (χ0v) is 12.6. The fraction of sp³-hybridized carbons (Fsp3) is 0.643. The summed E-state index contributed by atoms with van der Waals surface area (Å²) in [4.78, 5) is 12.7. The topological polar surface area (TPSA) is 81.2 Å². The maximum Gasteiger partial charge on any atom is 0.274 e. The smallest absolute Gasteiger partial charge is 0.274 e. The Morgan fingerprint density at radius 1 is 1.35 bits per heavy atom. The van der Waals surface area contributed by atoms with Crippen LogP contribution in [0.1, 0.15) is 61.2 Å². The molecule has 0 aliphatic heterocycles. The van der Waals surface area contributed by atoms with Crippen LogP contribution in [0.2, 0.25) is 0 Å². The average molecular weight is 295 g/mol. The number of carbonyl (C=O) groups excluding carboxylic acids is 1. The predicted molar refractivity (Wildman–Crippen MR) is 80.5 cm³/mol. The average Bonchev–Trinajstić information content (AvgIpc) is 2.79. The van der Waals surface area contributed by atoms with Gasteiger partial charge in [-0.05, 0) is 19.8 Å². The first-order valence-corrected chi connectivity index (χ1v) is 7.50. The molecule has 1 amide bonds. The van der Waals surface area contributed by atoms with Crippen LogP contribution in [0.25, 0.3) is 0 Å². The van der Waals surface area contributed by atoms with Crippen molar-refractivity contribution in [2.45, 2.75) is 57.4 Å². The largest absolute Gasteiger partial charge is 0.391 e. The van der Waals surface area contributed by atoms with Crippen LogP contribution in [0.5, 0.6) is 0 Å². The highest BCUT2D eigenvalue weighted by Crippen LogP contribution is 2.27. The molecular weight excluding hydrogens is 274 g/mol. The van der Waals surface area contributed by atoms with E-state index in [9.17, 15) is 4.79 Å². The number of nitrogens with two attached hydrogens (primary N) is 1. The van der Waals surface area contributed by atoms with Crippen molar-refractivity contribution in [2.75, 3.05) is 0 Å². The molecule has 1 aliphatic rings. The van der Waals surface area contributed by atoms with Crippen molar-refractivity contribution in [3.8, 4) is 0 Å². The first-order valence-electron chi connectivity index (χ1n) is 7.09. The highest BCUT2D eigenvalue weighted by molar-refractivity contribution is 7.80. The summed E-state index contributed by atoms with van der Waals surface area (Å²) in [5.41, 5.74) is 5.62. The highest BCUT2D eigenvalue weighted by Gasteiger charge is 2.35. The van der Waals surface area contributed by atoms with Gasteiger partial charge in [0.1, 0.15) is 5.76 Å². The van der Waals surface area contributed by atoms with Crippen LogP contribution in [-0.2, 0) is 0 Å². The van der Waals surface area contributed by atoms with E-state index < -0.39 is 5.54 Å². The fourth-order valence-electron chi connectivity index (χ4n) is 2.70. The second-order valence-corrected chi connectivity index (χ2v) is 5.93. The van der Waals surface area contributed by atoms with Gasteiger partial charge in [-0.2, -0.15) is 0 Å². The predicted octanol–water partition coefficient (Wildman–Crippen LogP) is 2.48. The van der Waals surface area contributed by atoms with Gasteiger partial charge in [0.2, 0.25) is 0 Å². The van der Waals surface area contributed by atoms with Crippen molar-refractivity contribution in [3.05, 3.63) is 17.5 Å². The van der Waals surface area contributed by atoms with E-state index in [-0.39, 0.29) is 11.6 Å². The zero-order valence-electron chi connectivity index (χ0n) is 11.8. The summed E-state index contributed by atoms with van der Waals surface area (Å²) < 4.78 is 4.94. The first kappa shape index (κ1) is 15.0. The van der Waals surface area contributed by atoms with Gasteiger partial charge in [-0.15, -0.1) is 0 Å². The number of nitrogens with one attached hydrogen (secondary N) is 1. The molecule has 6 heteroatoms. The maximum absolute atomic E-state index is 12.3. The van der Waals surface area contributed by atoms with Gasteiger partial charge in [0, 0.05) is 6.07 Å². The van der Waals surface area contributed by atoms with E-state index in [0.717, 1.165) is 38.5 Å². The van der Waals surface area contributed by atoms with E-state index in [0.29, 0.717) is 10.7 Å². The summed E-state index contributed by atoms with van der Waals surface area (Å²) in [5, 5.41) is 6.74. The molecule has 0 bridgehead atoms. The summed E-state index contributed by atoms with van der Waals surface area (Å²) in [5.74, 6) is 0.340. The molecule has 1 aromatic rings.